The highest BCUT2D eigenvalue weighted by atomic mass is 32.1. The third-order valence-electron chi connectivity index (χ3n) is 5.65. The number of hydrogen-bond donors (Lipinski definition) is 2. The summed E-state index contributed by atoms with van der Waals surface area (Å²) in [5, 5.41) is 14.0. The largest absolute Gasteiger partial charge is 0.496 e. The number of carbonyl (C=O) groups is 2. The first-order chi connectivity index (χ1) is 15.7. The third-order valence-corrected chi connectivity index (χ3v) is 6.33. The van der Waals surface area contributed by atoms with Gasteiger partial charge in [0, 0.05) is 54.5 Å². The van der Waals surface area contributed by atoms with Crippen LogP contribution in [0.2, 0.25) is 0 Å². The Balaban J connectivity index is 0.000000383. The van der Waals surface area contributed by atoms with Crippen molar-refractivity contribution in [3.05, 3.63) is 52.2 Å². The minimum atomic E-state index is -5.08. The molecule has 11 heteroatoms. The lowest BCUT2D eigenvalue weighted by molar-refractivity contribution is -0.192. The highest BCUT2D eigenvalue weighted by molar-refractivity contribution is 7.08. The molecule has 0 spiro atoms. The Morgan fingerprint density at radius 2 is 2.00 bits per heavy atom. The summed E-state index contributed by atoms with van der Waals surface area (Å²) in [6.07, 6.45) is -4.81. The second-order valence-corrected chi connectivity index (χ2v) is 8.61. The molecule has 2 fully saturated rings. The van der Waals surface area contributed by atoms with Gasteiger partial charge in [0.05, 0.1) is 19.8 Å². The Morgan fingerprint density at radius 3 is 2.64 bits per heavy atom. The SMILES string of the molecule is COc1ccccc1CN1C[C@@H]2[C@@H](CNC(=O)c3ccsc3)CO[C@@H]2C1.O=C(O)C(F)(F)F. The fourth-order valence-electron chi connectivity index (χ4n) is 4.01. The maximum atomic E-state index is 12.2. The maximum absolute atomic E-state index is 12.2. The van der Waals surface area contributed by atoms with Crippen LogP contribution in [0.4, 0.5) is 13.2 Å². The number of fused-ring (bicyclic) bond motifs is 1. The Hall–Kier alpha value is -2.63. The van der Waals surface area contributed by atoms with Crippen molar-refractivity contribution in [1.29, 1.82) is 0 Å². The zero-order valence-corrected chi connectivity index (χ0v) is 18.7. The van der Waals surface area contributed by atoms with Crippen LogP contribution < -0.4 is 10.1 Å². The predicted molar refractivity (Wildman–Crippen MR) is 115 cm³/mol. The molecule has 33 heavy (non-hydrogen) atoms. The number of likely N-dealkylation sites (tertiary alicyclic amines) is 1. The van der Waals surface area contributed by atoms with Crippen LogP contribution in [0.3, 0.4) is 0 Å². The smallest absolute Gasteiger partial charge is 0.490 e. The van der Waals surface area contributed by atoms with Crippen LogP contribution in [-0.2, 0) is 16.1 Å². The lowest BCUT2D eigenvalue weighted by atomic mass is 9.93. The van der Waals surface area contributed by atoms with Gasteiger partial charge in [0.15, 0.2) is 0 Å². The van der Waals surface area contributed by atoms with Crippen molar-refractivity contribution in [2.45, 2.75) is 18.8 Å². The van der Waals surface area contributed by atoms with Gasteiger partial charge in [-0.15, -0.1) is 0 Å². The quantitative estimate of drug-likeness (QED) is 0.652. The van der Waals surface area contributed by atoms with Gasteiger partial charge >= 0.3 is 12.1 Å². The summed E-state index contributed by atoms with van der Waals surface area (Å²) in [5.74, 6) is -0.950. The van der Waals surface area contributed by atoms with E-state index < -0.39 is 12.1 Å². The number of ether oxygens (including phenoxy) is 2. The van der Waals surface area contributed by atoms with Crippen molar-refractivity contribution in [3.63, 3.8) is 0 Å². The fraction of sp³-hybridized carbons (Fsp3) is 0.455. The normalized spacial score (nSPS) is 22.2. The molecule has 3 heterocycles. The number of benzene rings is 1. The van der Waals surface area contributed by atoms with Crippen molar-refractivity contribution < 1.29 is 37.3 Å². The van der Waals surface area contributed by atoms with Crippen LogP contribution >= 0.6 is 11.3 Å². The van der Waals surface area contributed by atoms with E-state index in [0.717, 1.165) is 37.6 Å². The third kappa shape index (κ3) is 6.68. The molecule has 1 aromatic heterocycles. The van der Waals surface area contributed by atoms with Gasteiger partial charge in [-0.25, -0.2) is 4.79 Å². The average molecular weight is 487 g/mol. The molecule has 0 bridgehead atoms. The highest BCUT2D eigenvalue weighted by Gasteiger charge is 2.43. The topological polar surface area (TPSA) is 88.1 Å². The molecule has 180 valence electrons. The molecule has 1 amide bonds. The monoisotopic (exact) mass is 486 g/mol. The van der Waals surface area contributed by atoms with E-state index in [1.165, 1.54) is 5.56 Å². The van der Waals surface area contributed by atoms with E-state index in [9.17, 15) is 18.0 Å². The van der Waals surface area contributed by atoms with Crippen molar-refractivity contribution in [2.24, 2.45) is 11.8 Å². The lowest BCUT2D eigenvalue weighted by Crippen LogP contribution is -2.34. The second kappa shape index (κ2) is 11.0. The van der Waals surface area contributed by atoms with Gasteiger partial charge in [-0.05, 0) is 17.5 Å². The van der Waals surface area contributed by atoms with Crippen molar-refractivity contribution in [1.82, 2.24) is 10.2 Å². The van der Waals surface area contributed by atoms with Crippen molar-refractivity contribution in [2.75, 3.05) is 33.4 Å². The van der Waals surface area contributed by atoms with Gasteiger partial charge < -0.3 is 19.9 Å². The Kier molecular flexibility index (Phi) is 8.33. The van der Waals surface area contributed by atoms with E-state index >= 15 is 0 Å². The number of para-hydroxylation sites is 1. The number of amides is 1. The van der Waals surface area contributed by atoms with E-state index in [2.05, 4.69) is 16.3 Å². The van der Waals surface area contributed by atoms with Crippen molar-refractivity contribution in [3.8, 4) is 5.75 Å². The minimum Gasteiger partial charge on any atom is -0.496 e. The number of alkyl halides is 3. The molecule has 7 nitrogen and oxygen atoms in total. The van der Waals surface area contributed by atoms with Crippen LogP contribution in [0.15, 0.2) is 41.1 Å². The number of nitrogens with zero attached hydrogens (tertiary/aromatic N) is 1. The summed E-state index contributed by atoms with van der Waals surface area (Å²) in [5.41, 5.74) is 1.95. The maximum Gasteiger partial charge on any atom is 0.490 e. The first-order valence-corrected chi connectivity index (χ1v) is 11.2. The van der Waals surface area contributed by atoms with Crippen LogP contribution in [0.5, 0.6) is 5.75 Å². The molecule has 0 unspecified atom stereocenters. The molecule has 2 aliphatic rings. The van der Waals surface area contributed by atoms with Gasteiger partial charge in [-0.1, -0.05) is 18.2 Å². The minimum absolute atomic E-state index is 0.0126. The van der Waals surface area contributed by atoms with Gasteiger partial charge in [-0.2, -0.15) is 24.5 Å². The van der Waals surface area contributed by atoms with Crippen LogP contribution in [0.25, 0.3) is 0 Å². The van der Waals surface area contributed by atoms with Gasteiger partial charge in [0.25, 0.3) is 5.91 Å². The lowest BCUT2D eigenvalue weighted by Gasteiger charge is -2.20. The molecule has 2 aliphatic heterocycles. The molecule has 4 rings (SSSR count). The Morgan fingerprint density at radius 1 is 1.27 bits per heavy atom. The summed E-state index contributed by atoms with van der Waals surface area (Å²) in [6.45, 7) is 4.23. The number of carboxylic acids is 1. The van der Waals surface area contributed by atoms with Crippen LogP contribution in [-0.4, -0.2) is 67.5 Å². The molecule has 2 aromatic rings. The number of aliphatic carboxylic acids is 1. The fourth-order valence-corrected chi connectivity index (χ4v) is 4.65. The number of halogens is 3. The number of carboxylic acid groups (broad SMARTS) is 1. The van der Waals surface area contributed by atoms with E-state index in [1.807, 2.05) is 35.0 Å². The van der Waals surface area contributed by atoms with E-state index in [4.69, 9.17) is 19.4 Å². The molecular formula is C22H25F3N2O5S. The standard InChI is InChI=1S/C20H24N2O3S.C2HF3O2/c1-24-18-5-3-2-4-14(18)9-22-10-17-16(12-25-19(17)11-22)8-21-20(23)15-6-7-26-13-15;3-2(4,5)1(6)7/h2-7,13,16-17,19H,8-12H2,1H3,(H,21,23);(H,6,7)/t16-,17+,19+;/m0./s1. The molecule has 0 radical (unpaired) electrons. The number of carbonyl (C=O) groups excluding carboxylic acids is 1. The number of nitrogens with one attached hydrogen (secondary N) is 1. The summed E-state index contributed by atoms with van der Waals surface area (Å²) >= 11 is 1.54. The number of hydrogen-bond acceptors (Lipinski definition) is 6. The molecule has 1 aromatic carbocycles. The van der Waals surface area contributed by atoms with Gasteiger partial charge in [-0.3, -0.25) is 9.69 Å². The van der Waals surface area contributed by atoms with Gasteiger partial charge in [0.1, 0.15) is 5.75 Å². The van der Waals surface area contributed by atoms with Crippen molar-refractivity contribution >= 4 is 23.2 Å². The summed E-state index contributed by atoms with van der Waals surface area (Å²) in [4.78, 5) is 23.5. The molecule has 2 saturated heterocycles. The van der Waals surface area contributed by atoms with Crippen LogP contribution in [0.1, 0.15) is 15.9 Å². The molecule has 2 N–H and O–H groups in total. The number of thiophene rings is 1. The summed E-state index contributed by atoms with van der Waals surface area (Å²) in [6, 6.07) is 10.0. The first kappa shape index (κ1) is 25.0. The molecule has 0 aliphatic carbocycles. The van der Waals surface area contributed by atoms with Gasteiger partial charge in [0.2, 0.25) is 0 Å². The molecular weight excluding hydrogens is 461 g/mol. The van der Waals surface area contributed by atoms with E-state index in [0.29, 0.717) is 18.4 Å². The Labute approximate surface area is 193 Å². The number of methoxy groups -OCH3 is 1. The Bertz CT molecular complexity index is 938. The highest BCUT2D eigenvalue weighted by Crippen LogP contribution is 2.34. The summed E-state index contributed by atoms with van der Waals surface area (Å²) < 4.78 is 43.2. The van der Waals surface area contributed by atoms with Crippen LogP contribution in [0, 0.1) is 11.8 Å². The first-order valence-electron chi connectivity index (χ1n) is 10.3. The summed E-state index contributed by atoms with van der Waals surface area (Å²) in [7, 11) is 1.72. The number of rotatable bonds is 6. The predicted octanol–water partition coefficient (Wildman–Crippen LogP) is 3.27. The zero-order valence-electron chi connectivity index (χ0n) is 17.9. The molecule has 3 atom stereocenters. The molecule has 0 saturated carbocycles. The van der Waals surface area contributed by atoms with E-state index in [1.54, 1.807) is 18.4 Å². The van der Waals surface area contributed by atoms with E-state index in [-0.39, 0.29) is 12.0 Å². The second-order valence-electron chi connectivity index (χ2n) is 7.83. The average Bonchev–Trinajstić information content (AvgIpc) is 3.50. The zero-order chi connectivity index (χ0) is 24.0.